The number of nitrogens with one attached hydrogen (secondary N) is 3. The van der Waals surface area contributed by atoms with E-state index >= 15 is 0 Å². The van der Waals surface area contributed by atoms with E-state index < -0.39 is 11.8 Å². The van der Waals surface area contributed by atoms with Crippen molar-refractivity contribution in [1.82, 2.24) is 5.43 Å². The second-order valence-corrected chi connectivity index (χ2v) is 7.40. The highest BCUT2D eigenvalue weighted by atomic mass is 35.5. The van der Waals surface area contributed by atoms with Gasteiger partial charge >= 0.3 is 11.8 Å². The zero-order valence-electron chi connectivity index (χ0n) is 18.8. The number of rotatable bonds is 9. The van der Waals surface area contributed by atoms with E-state index in [1.165, 1.54) is 6.21 Å². The van der Waals surface area contributed by atoms with E-state index in [-0.39, 0.29) is 12.5 Å². The van der Waals surface area contributed by atoms with Gasteiger partial charge in [0.15, 0.2) is 6.61 Å². The molecule has 180 valence electrons. The molecule has 0 aromatic heterocycles. The number of ether oxygens (including phenoxy) is 2. The summed E-state index contributed by atoms with van der Waals surface area (Å²) in [5.41, 5.74) is 3.61. The standard InChI is InChI=1S/C25H23ClN4O5/c1-2-34-22-10-6-4-8-20(22)29-24(32)25(33)30-27-15-17-7-3-5-9-21(17)35-16-23(31)28-19-13-11-18(26)12-14-19/h3-15H,2,16H2,1H3,(H,28,31)(H,29,32)(H,30,33)/b27-15-. The quantitative estimate of drug-likeness (QED) is 0.237. The second-order valence-electron chi connectivity index (χ2n) is 6.96. The lowest BCUT2D eigenvalue weighted by Gasteiger charge is -2.10. The van der Waals surface area contributed by atoms with Crippen molar-refractivity contribution in [2.75, 3.05) is 23.8 Å². The molecule has 0 radical (unpaired) electrons. The summed E-state index contributed by atoms with van der Waals surface area (Å²) in [5, 5.41) is 9.56. The number of benzene rings is 3. The third kappa shape index (κ3) is 7.86. The minimum atomic E-state index is -0.965. The number of carbonyl (C=O) groups excluding carboxylic acids is 3. The molecular formula is C25H23ClN4O5. The molecule has 3 rings (SSSR count). The van der Waals surface area contributed by atoms with E-state index in [4.69, 9.17) is 21.1 Å². The van der Waals surface area contributed by atoms with Gasteiger partial charge in [-0.15, -0.1) is 0 Å². The summed E-state index contributed by atoms with van der Waals surface area (Å²) in [5.74, 6) is -1.42. The molecule has 0 heterocycles. The largest absolute Gasteiger partial charge is 0.492 e. The van der Waals surface area contributed by atoms with Crippen LogP contribution in [0.1, 0.15) is 12.5 Å². The molecule has 0 aliphatic carbocycles. The van der Waals surface area contributed by atoms with Gasteiger partial charge in [0.2, 0.25) is 0 Å². The molecule has 0 fully saturated rings. The van der Waals surface area contributed by atoms with E-state index in [0.29, 0.717) is 40.1 Å². The fraction of sp³-hybridized carbons (Fsp3) is 0.120. The van der Waals surface area contributed by atoms with Crippen LogP contribution in [0.4, 0.5) is 11.4 Å². The maximum Gasteiger partial charge on any atom is 0.329 e. The van der Waals surface area contributed by atoms with Crippen molar-refractivity contribution in [3.05, 3.63) is 83.4 Å². The van der Waals surface area contributed by atoms with Crippen molar-refractivity contribution in [2.45, 2.75) is 6.92 Å². The van der Waals surface area contributed by atoms with Gasteiger partial charge in [-0.2, -0.15) is 5.10 Å². The normalized spacial score (nSPS) is 10.5. The zero-order valence-corrected chi connectivity index (χ0v) is 19.5. The Bertz CT molecular complexity index is 1210. The first kappa shape index (κ1) is 25.3. The van der Waals surface area contributed by atoms with Crippen molar-refractivity contribution in [1.29, 1.82) is 0 Å². The molecule has 0 aliphatic heterocycles. The smallest absolute Gasteiger partial charge is 0.329 e. The number of carbonyl (C=O) groups is 3. The predicted octanol–water partition coefficient (Wildman–Crippen LogP) is 3.85. The fourth-order valence-electron chi connectivity index (χ4n) is 2.83. The number of hydrazone groups is 1. The minimum Gasteiger partial charge on any atom is -0.492 e. The van der Waals surface area contributed by atoms with E-state index in [0.717, 1.165) is 0 Å². The number of amides is 3. The van der Waals surface area contributed by atoms with Crippen LogP contribution in [0, 0.1) is 0 Å². The summed E-state index contributed by atoms with van der Waals surface area (Å²) in [7, 11) is 0. The molecule has 0 saturated carbocycles. The predicted molar refractivity (Wildman–Crippen MR) is 134 cm³/mol. The van der Waals surface area contributed by atoms with Crippen LogP contribution in [-0.4, -0.2) is 37.1 Å². The highest BCUT2D eigenvalue weighted by Crippen LogP contribution is 2.23. The molecule has 0 atom stereocenters. The molecule has 3 amide bonds. The number of anilines is 2. The van der Waals surface area contributed by atoms with E-state index in [9.17, 15) is 14.4 Å². The lowest BCUT2D eigenvalue weighted by atomic mass is 10.2. The summed E-state index contributed by atoms with van der Waals surface area (Å²) in [6.07, 6.45) is 1.31. The van der Waals surface area contributed by atoms with Crippen molar-refractivity contribution >= 4 is 46.9 Å². The van der Waals surface area contributed by atoms with Gasteiger partial charge in [0.05, 0.1) is 18.5 Å². The number of halogens is 1. The van der Waals surface area contributed by atoms with E-state index in [1.807, 2.05) is 6.92 Å². The van der Waals surface area contributed by atoms with Gasteiger partial charge in [-0.05, 0) is 55.5 Å². The SMILES string of the molecule is CCOc1ccccc1NC(=O)C(=O)N/N=C\c1ccccc1OCC(=O)Nc1ccc(Cl)cc1. The molecule has 0 saturated heterocycles. The van der Waals surface area contributed by atoms with Gasteiger partial charge in [0, 0.05) is 16.3 Å². The van der Waals surface area contributed by atoms with Crippen LogP contribution in [0.2, 0.25) is 5.02 Å². The van der Waals surface area contributed by atoms with Gasteiger partial charge < -0.3 is 20.1 Å². The van der Waals surface area contributed by atoms with Crippen LogP contribution in [0.25, 0.3) is 0 Å². The van der Waals surface area contributed by atoms with Crippen LogP contribution >= 0.6 is 11.6 Å². The second kappa shape index (κ2) is 12.8. The summed E-state index contributed by atoms with van der Waals surface area (Å²) < 4.78 is 11.0. The molecule has 0 spiro atoms. The van der Waals surface area contributed by atoms with Crippen molar-refractivity contribution in [3.63, 3.8) is 0 Å². The van der Waals surface area contributed by atoms with Gasteiger partial charge in [-0.3, -0.25) is 14.4 Å². The van der Waals surface area contributed by atoms with Crippen molar-refractivity contribution in [3.8, 4) is 11.5 Å². The molecule has 0 unspecified atom stereocenters. The monoisotopic (exact) mass is 494 g/mol. The summed E-state index contributed by atoms with van der Waals surface area (Å²) >= 11 is 5.84. The Kier molecular flexibility index (Phi) is 9.21. The highest BCUT2D eigenvalue weighted by molar-refractivity contribution is 6.39. The molecule has 0 aliphatic rings. The lowest BCUT2D eigenvalue weighted by Crippen LogP contribution is -2.32. The third-order valence-corrected chi connectivity index (χ3v) is 4.67. The highest BCUT2D eigenvalue weighted by Gasteiger charge is 2.15. The molecule has 0 bridgehead atoms. The Morgan fingerprint density at radius 1 is 0.857 bits per heavy atom. The number of hydrogen-bond acceptors (Lipinski definition) is 6. The Hall–Kier alpha value is -4.37. The topological polar surface area (TPSA) is 118 Å². The van der Waals surface area contributed by atoms with E-state index in [2.05, 4.69) is 21.2 Å². The summed E-state index contributed by atoms with van der Waals surface area (Å²) in [6, 6.07) is 20.2. The summed E-state index contributed by atoms with van der Waals surface area (Å²) in [6.45, 7) is 1.97. The Morgan fingerprint density at radius 3 is 2.29 bits per heavy atom. The third-order valence-electron chi connectivity index (χ3n) is 4.42. The van der Waals surface area contributed by atoms with Crippen LogP contribution in [0.3, 0.4) is 0 Å². The van der Waals surface area contributed by atoms with Gasteiger partial charge in [-0.25, -0.2) is 5.43 Å². The summed E-state index contributed by atoms with van der Waals surface area (Å²) in [4.78, 5) is 36.5. The molecule has 3 aromatic carbocycles. The van der Waals surface area contributed by atoms with Crippen LogP contribution in [-0.2, 0) is 14.4 Å². The average Bonchev–Trinajstić information content (AvgIpc) is 2.86. The molecule has 3 N–H and O–H groups in total. The number of hydrogen-bond donors (Lipinski definition) is 3. The molecule has 3 aromatic rings. The van der Waals surface area contributed by atoms with Crippen molar-refractivity contribution in [2.24, 2.45) is 5.10 Å². The first-order valence-electron chi connectivity index (χ1n) is 10.6. The van der Waals surface area contributed by atoms with Crippen LogP contribution < -0.4 is 25.5 Å². The van der Waals surface area contributed by atoms with E-state index in [1.54, 1.807) is 72.8 Å². The lowest BCUT2D eigenvalue weighted by molar-refractivity contribution is -0.136. The molecule has 35 heavy (non-hydrogen) atoms. The molecular weight excluding hydrogens is 472 g/mol. The Balaban J connectivity index is 1.54. The van der Waals surface area contributed by atoms with Crippen LogP contribution in [0.15, 0.2) is 77.9 Å². The first-order valence-corrected chi connectivity index (χ1v) is 11.0. The maximum atomic E-state index is 12.2. The minimum absolute atomic E-state index is 0.249. The molecule has 10 heteroatoms. The van der Waals surface area contributed by atoms with Gasteiger partial charge in [0.1, 0.15) is 11.5 Å². The first-order chi connectivity index (χ1) is 17.0. The Labute approximate surface area is 207 Å². The fourth-order valence-corrected chi connectivity index (χ4v) is 2.96. The Morgan fingerprint density at radius 2 is 1.54 bits per heavy atom. The molecule has 9 nitrogen and oxygen atoms in total. The van der Waals surface area contributed by atoms with Gasteiger partial charge in [-0.1, -0.05) is 35.9 Å². The van der Waals surface area contributed by atoms with Crippen LogP contribution in [0.5, 0.6) is 11.5 Å². The maximum absolute atomic E-state index is 12.2. The zero-order chi connectivity index (χ0) is 25.0. The van der Waals surface area contributed by atoms with Gasteiger partial charge in [0.25, 0.3) is 5.91 Å². The van der Waals surface area contributed by atoms with Crippen molar-refractivity contribution < 1.29 is 23.9 Å². The number of nitrogens with zero attached hydrogens (tertiary/aromatic N) is 1. The average molecular weight is 495 g/mol. The number of para-hydroxylation sites is 3.